The minimum atomic E-state index is -0.621. The van der Waals surface area contributed by atoms with Gasteiger partial charge < -0.3 is 14.4 Å². The monoisotopic (exact) mass is 377 g/mol. The maximum atomic E-state index is 12.9. The molecule has 1 aromatic carbocycles. The maximum absolute atomic E-state index is 12.9. The van der Waals surface area contributed by atoms with Gasteiger partial charge in [0.25, 0.3) is 11.7 Å². The number of Topliss-reactive ketones (excluding diaryl/α,β-unsaturated/α-hetero) is 1. The van der Waals surface area contributed by atoms with Crippen molar-refractivity contribution in [3.63, 3.8) is 0 Å². The summed E-state index contributed by atoms with van der Waals surface area (Å²) in [5.74, 6) is -0.597. The Morgan fingerprint density at radius 3 is 2.61 bits per heavy atom. The van der Waals surface area contributed by atoms with Crippen LogP contribution in [0.2, 0.25) is 0 Å². The zero-order valence-corrected chi connectivity index (χ0v) is 15.8. The van der Waals surface area contributed by atoms with Crippen LogP contribution in [0.5, 0.6) is 0 Å². The number of carbonyl (C=O) groups is 2. The SMILES string of the molecule is Cc1ccc(C(O)=C2C(=O)C(=O)N(Cc3ccco3)C2C2CC=CCC2)cc1. The van der Waals surface area contributed by atoms with Gasteiger partial charge in [-0.15, -0.1) is 0 Å². The standard InChI is InChI=1S/C23H23NO4/c1-15-9-11-17(12-10-15)21(25)19-20(16-6-3-2-4-7-16)24(23(27)22(19)26)14-18-8-5-13-28-18/h2-3,5,8-13,16,20,25H,4,6-7,14H2,1H3. The number of aliphatic hydroxyl groups is 1. The van der Waals surface area contributed by atoms with Gasteiger partial charge in [0.2, 0.25) is 0 Å². The number of furan rings is 1. The minimum absolute atomic E-state index is 0.0814. The molecule has 144 valence electrons. The molecule has 5 heteroatoms. The van der Waals surface area contributed by atoms with Gasteiger partial charge in [-0.1, -0.05) is 42.0 Å². The Bertz CT molecular complexity index is 937. The molecule has 4 rings (SSSR count). The number of carbonyl (C=O) groups excluding carboxylic acids is 2. The fourth-order valence-electron chi connectivity index (χ4n) is 4.11. The number of benzene rings is 1. The highest BCUT2D eigenvalue weighted by Crippen LogP contribution is 2.38. The predicted molar refractivity (Wildman–Crippen MR) is 105 cm³/mol. The van der Waals surface area contributed by atoms with Crippen molar-refractivity contribution >= 4 is 17.4 Å². The number of rotatable bonds is 4. The molecule has 2 aliphatic rings. The van der Waals surface area contributed by atoms with Crippen LogP contribution in [0.3, 0.4) is 0 Å². The third-order valence-electron chi connectivity index (χ3n) is 5.57. The van der Waals surface area contributed by atoms with Crippen LogP contribution in [-0.4, -0.2) is 27.7 Å². The van der Waals surface area contributed by atoms with Crippen molar-refractivity contribution in [3.05, 3.63) is 77.3 Å². The van der Waals surface area contributed by atoms with Gasteiger partial charge in [-0.25, -0.2) is 0 Å². The van der Waals surface area contributed by atoms with E-state index < -0.39 is 17.7 Å². The minimum Gasteiger partial charge on any atom is -0.507 e. The fourth-order valence-corrected chi connectivity index (χ4v) is 4.11. The van der Waals surface area contributed by atoms with Crippen molar-refractivity contribution in [2.24, 2.45) is 5.92 Å². The molecule has 1 saturated heterocycles. The van der Waals surface area contributed by atoms with E-state index in [1.165, 1.54) is 0 Å². The van der Waals surface area contributed by atoms with Gasteiger partial charge in [-0.05, 0) is 44.2 Å². The largest absolute Gasteiger partial charge is 0.507 e. The van der Waals surface area contributed by atoms with Crippen LogP contribution in [0, 0.1) is 12.8 Å². The normalized spacial score (nSPS) is 24.1. The summed E-state index contributed by atoms with van der Waals surface area (Å²) in [4.78, 5) is 27.3. The third kappa shape index (κ3) is 3.28. The van der Waals surface area contributed by atoms with E-state index in [9.17, 15) is 14.7 Å². The number of ketones is 1. The highest BCUT2D eigenvalue weighted by molar-refractivity contribution is 6.46. The number of nitrogens with zero attached hydrogens (tertiary/aromatic N) is 1. The zero-order chi connectivity index (χ0) is 19.7. The predicted octanol–water partition coefficient (Wildman–Crippen LogP) is 4.19. The quantitative estimate of drug-likeness (QED) is 0.375. The van der Waals surface area contributed by atoms with E-state index in [0.29, 0.717) is 11.3 Å². The lowest BCUT2D eigenvalue weighted by molar-refractivity contribution is -0.140. The topological polar surface area (TPSA) is 70.8 Å². The van der Waals surface area contributed by atoms with Crippen molar-refractivity contribution < 1.29 is 19.1 Å². The molecular formula is C23H23NO4. The third-order valence-corrected chi connectivity index (χ3v) is 5.57. The summed E-state index contributed by atoms with van der Waals surface area (Å²) in [6.07, 6.45) is 8.29. The van der Waals surface area contributed by atoms with Gasteiger partial charge >= 0.3 is 0 Å². The zero-order valence-electron chi connectivity index (χ0n) is 15.8. The molecule has 2 heterocycles. The molecule has 1 aliphatic heterocycles. The van der Waals surface area contributed by atoms with Crippen LogP contribution in [0.15, 0.2) is 64.8 Å². The van der Waals surface area contributed by atoms with E-state index in [1.807, 2.05) is 19.1 Å². The Labute approximate surface area is 164 Å². The van der Waals surface area contributed by atoms with Gasteiger partial charge in [0, 0.05) is 5.56 Å². The lowest BCUT2D eigenvalue weighted by Gasteiger charge is -2.32. The first-order valence-electron chi connectivity index (χ1n) is 9.59. The van der Waals surface area contributed by atoms with Crippen molar-refractivity contribution in [3.8, 4) is 0 Å². The molecule has 5 nitrogen and oxygen atoms in total. The van der Waals surface area contributed by atoms with Crippen LogP contribution in [-0.2, 0) is 16.1 Å². The number of aryl methyl sites for hydroxylation is 1. The summed E-state index contributed by atoms with van der Waals surface area (Å²) in [5, 5.41) is 11.0. The number of allylic oxidation sites excluding steroid dienone is 2. The second-order valence-electron chi connectivity index (χ2n) is 7.46. The molecule has 2 unspecified atom stereocenters. The average Bonchev–Trinajstić information content (AvgIpc) is 3.31. The molecule has 0 spiro atoms. The van der Waals surface area contributed by atoms with E-state index >= 15 is 0 Å². The van der Waals surface area contributed by atoms with E-state index in [-0.39, 0.29) is 23.8 Å². The van der Waals surface area contributed by atoms with Crippen LogP contribution < -0.4 is 0 Å². The summed E-state index contributed by atoms with van der Waals surface area (Å²) >= 11 is 0. The Kier molecular flexibility index (Phi) is 4.90. The van der Waals surface area contributed by atoms with Crippen molar-refractivity contribution in [2.75, 3.05) is 0 Å². The second-order valence-corrected chi connectivity index (χ2v) is 7.46. The van der Waals surface area contributed by atoms with Gasteiger partial charge in [-0.3, -0.25) is 9.59 Å². The molecular weight excluding hydrogens is 354 g/mol. The summed E-state index contributed by atoms with van der Waals surface area (Å²) < 4.78 is 5.41. The lowest BCUT2D eigenvalue weighted by Crippen LogP contribution is -2.39. The number of amides is 1. The summed E-state index contributed by atoms with van der Waals surface area (Å²) in [6, 6.07) is 10.4. The van der Waals surface area contributed by atoms with Gasteiger partial charge in [0.15, 0.2) is 0 Å². The highest BCUT2D eigenvalue weighted by Gasteiger charge is 2.48. The summed E-state index contributed by atoms with van der Waals surface area (Å²) in [7, 11) is 0. The van der Waals surface area contributed by atoms with Crippen LogP contribution >= 0.6 is 0 Å². The summed E-state index contributed by atoms with van der Waals surface area (Å²) in [6.45, 7) is 2.17. The molecule has 0 radical (unpaired) electrons. The molecule has 0 bridgehead atoms. The van der Waals surface area contributed by atoms with E-state index in [0.717, 1.165) is 24.8 Å². The van der Waals surface area contributed by atoms with Crippen LogP contribution in [0.4, 0.5) is 0 Å². The highest BCUT2D eigenvalue weighted by atomic mass is 16.3. The van der Waals surface area contributed by atoms with Crippen LogP contribution in [0.25, 0.3) is 5.76 Å². The van der Waals surface area contributed by atoms with Gasteiger partial charge in [0.05, 0.1) is 24.4 Å². The molecule has 1 amide bonds. The Balaban J connectivity index is 1.79. The first kappa shape index (κ1) is 18.3. The molecule has 2 atom stereocenters. The number of aliphatic hydroxyl groups excluding tert-OH is 1. The maximum Gasteiger partial charge on any atom is 0.295 e. The molecule has 1 N–H and O–H groups in total. The van der Waals surface area contributed by atoms with Crippen molar-refractivity contribution in [1.82, 2.24) is 4.90 Å². The van der Waals surface area contributed by atoms with E-state index in [4.69, 9.17) is 4.42 Å². The molecule has 1 aromatic heterocycles. The number of likely N-dealkylation sites (tertiary alicyclic amines) is 1. The second kappa shape index (κ2) is 7.50. The molecule has 1 fully saturated rings. The van der Waals surface area contributed by atoms with Crippen molar-refractivity contribution in [2.45, 2.75) is 38.8 Å². The first-order valence-corrected chi connectivity index (χ1v) is 9.59. The van der Waals surface area contributed by atoms with Crippen LogP contribution in [0.1, 0.15) is 36.1 Å². The number of hydrogen-bond acceptors (Lipinski definition) is 4. The first-order chi connectivity index (χ1) is 13.6. The average molecular weight is 377 g/mol. The Morgan fingerprint density at radius 1 is 1.18 bits per heavy atom. The number of hydrogen-bond donors (Lipinski definition) is 1. The smallest absolute Gasteiger partial charge is 0.295 e. The molecule has 1 aliphatic carbocycles. The molecule has 2 aromatic rings. The van der Waals surface area contributed by atoms with E-state index in [2.05, 4.69) is 12.2 Å². The van der Waals surface area contributed by atoms with Gasteiger partial charge in [-0.2, -0.15) is 0 Å². The lowest BCUT2D eigenvalue weighted by atomic mass is 9.83. The van der Waals surface area contributed by atoms with E-state index in [1.54, 1.807) is 35.4 Å². The molecule has 28 heavy (non-hydrogen) atoms. The fraction of sp³-hybridized carbons (Fsp3) is 0.304. The van der Waals surface area contributed by atoms with Gasteiger partial charge in [0.1, 0.15) is 11.5 Å². The Morgan fingerprint density at radius 2 is 1.96 bits per heavy atom. The molecule has 0 saturated carbocycles. The summed E-state index contributed by atoms with van der Waals surface area (Å²) in [5.41, 5.74) is 1.82. The Hall–Kier alpha value is -3.08. The van der Waals surface area contributed by atoms with Crippen molar-refractivity contribution in [1.29, 1.82) is 0 Å².